The fourth-order valence-corrected chi connectivity index (χ4v) is 2.51. The lowest BCUT2D eigenvalue weighted by Crippen LogP contribution is -2.41. The van der Waals surface area contributed by atoms with Gasteiger partial charge < -0.3 is 0 Å². The van der Waals surface area contributed by atoms with E-state index in [0.717, 1.165) is 15.7 Å². The first-order valence-corrected chi connectivity index (χ1v) is 7.81. The van der Waals surface area contributed by atoms with E-state index in [-0.39, 0.29) is 6.03 Å². The lowest BCUT2D eigenvalue weighted by Gasteiger charge is -2.22. The molecule has 0 bridgehead atoms. The molecule has 0 aromatic carbocycles. The van der Waals surface area contributed by atoms with Crippen molar-refractivity contribution in [3.8, 4) is 0 Å². The maximum atomic E-state index is 12.1. The van der Waals surface area contributed by atoms with E-state index < -0.39 is 5.60 Å². The van der Waals surface area contributed by atoms with E-state index in [4.69, 9.17) is 4.84 Å². The number of carbonyl (C=O) groups excluding carboxylic acids is 1. The Labute approximate surface area is 135 Å². The van der Waals surface area contributed by atoms with Crippen LogP contribution < -0.4 is 10.4 Å². The van der Waals surface area contributed by atoms with Crippen LogP contribution in [0, 0.1) is 6.92 Å². The molecular formula is C15H24N4O2S. The highest BCUT2D eigenvalue weighted by molar-refractivity contribution is 7.16. The van der Waals surface area contributed by atoms with Gasteiger partial charge in [0.2, 0.25) is 0 Å². The molecule has 1 N–H and O–H groups in total. The fourth-order valence-electron chi connectivity index (χ4n) is 1.51. The second-order valence-corrected chi connectivity index (χ2v) is 6.78. The van der Waals surface area contributed by atoms with E-state index >= 15 is 0 Å². The third kappa shape index (κ3) is 5.95. The number of rotatable bonds is 5. The van der Waals surface area contributed by atoms with Gasteiger partial charge in [0.05, 0.1) is 16.3 Å². The van der Waals surface area contributed by atoms with Crippen LogP contribution in [0.5, 0.6) is 0 Å². The van der Waals surface area contributed by atoms with Gasteiger partial charge in [-0.3, -0.25) is 14.7 Å². The van der Waals surface area contributed by atoms with Gasteiger partial charge in [0.15, 0.2) is 0 Å². The van der Waals surface area contributed by atoms with Gasteiger partial charge >= 0.3 is 6.03 Å². The molecule has 0 saturated carbocycles. The molecule has 1 rings (SSSR count). The van der Waals surface area contributed by atoms with Gasteiger partial charge in [0.1, 0.15) is 5.00 Å². The molecular weight excluding hydrogens is 300 g/mol. The third-order valence-electron chi connectivity index (χ3n) is 2.53. The summed E-state index contributed by atoms with van der Waals surface area (Å²) >= 11 is 1.49. The van der Waals surface area contributed by atoms with E-state index in [1.165, 1.54) is 16.2 Å². The van der Waals surface area contributed by atoms with Gasteiger partial charge in [-0.15, -0.1) is 11.3 Å². The molecule has 0 fully saturated rings. The Morgan fingerprint density at radius 2 is 2.18 bits per heavy atom. The van der Waals surface area contributed by atoms with Gasteiger partial charge in [0.25, 0.3) is 0 Å². The monoisotopic (exact) mass is 324 g/mol. The number of nitrogens with zero attached hydrogens (tertiary/aromatic N) is 3. The maximum absolute atomic E-state index is 12.1. The molecule has 22 heavy (non-hydrogen) atoms. The van der Waals surface area contributed by atoms with Crippen molar-refractivity contribution < 1.29 is 9.63 Å². The number of hydroxylamine groups is 1. The van der Waals surface area contributed by atoms with E-state index in [2.05, 4.69) is 15.5 Å². The highest BCUT2D eigenvalue weighted by atomic mass is 32.1. The first-order valence-electron chi connectivity index (χ1n) is 7.00. The molecule has 0 unspecified atom stereocenters. The molecule has 0 aliphatic carbocycles. The predicted molar refractivity (Wildman–Crippen MR) is 91.9 cm³/mol. The molecule has 6 nitrogen and oxygen atoms in total. The number of aliphatic imine (C=N–C) groups is 1. The van der Waals surface area contributed by atoms with E-state index in [1.807, 2.05) is 39.8 Å². The van der Waals surface area contributed by atoms with Gasteiger partial charge in [-0.2, -0.15) is 0 Å². The van der Waals surface area contributed by atoms with Crippen LogP contribution in [0.4, 0.5) is 9.80 Å². The molecule has 1 heterocycles. The average molecular weight is 324 g/mol. The molecule has 0 spiro atoms. The van der Waals surface area contributed by atoms with Crippen molar-refractivity contribution in [3.63, 3.8) is 0 Å². The first-order chi connectivity index (χ1) is 10.2. The molecule has 0 radical (unpaired) electrons. The molecule has 1 aromatic heterocycles. The lowest BCUT2D eigenvalue weighted by molar-refractivity contribution is -0.0514. The Morgan fingerprint density at radius 3 is 2.77 bits per heavy atom. The van der Waals surface area contributed by atoms with Gasteiger partial charge in [-0.1, -0.05) is 6.08 Å². The number of hydrogen-bond acceptors (Lipinski definition) is 5. The molecule has 0 aliphatic heterocycles. The van der Waals surface area contributed by atoms with Crippen molar-refractivity contribution in [2.45, 2.75) is 39.7 Å². The Bertz CT molecular complexity index is 558. The first kappa shape index (κ1) is 18.3. The van der Waals surface area contributed by atoms with Crippen LogP contribution in [0.1, 0.15) is 31.5 Å². The maximum Gasteiger partial charge on any atom is 0.346 e. The van der Waals surface area contributed by atoms with Crippen LogP contribution in [0.25, 0.3) is 0 Å². The van der Waals surface area contributed by atoms with Crippen LogP contribution in [-0.2, 0) is 11.3 Å². The zero-order valence-electron chi connectivity index (χ0n) is 14.0. The van der Waals surface area contributed by atoms with Crippen molar-refractivity contribution >= 4 is 28.6 Å². The van der Waals surface area contributed by atoms with Crippen molar-refractivity contribution in [2.24, 2.45) is 4.99 Å². The predicted octanol–water partition coefficient (Wildman–Crippen LogP) is 3.13. The minimum absolute atomic E-state index is 0.318. The highest BCUT2D eigenvalue weighted by Gasteiger charge is 2.19. The number of allylic oxidation sites excluding steroid dienone is 2. The summed E-state index contributed by atoms with van der Waals surface area (Å²) in [4.78, 5) is 27.2. The number of nitrogens with one attached hydrogen (secondary N) is 1. The van der Waals surface area contributed by atoms with E-state index in [1.54, 1.807) is 20.3 Å². The quantitative estimate of drug-likeness (QED) is 0.668. The summed E-state index contributed by atoms with van der Waals surface area (Å²) in [6.07, 6.45) is 6.30. The lowest BCUT2D eigenvalue weighted by atomic mass is 10.2. The van der Waals surface area contributed by atoms with Crippen molar-refractivity contribution in [1.82, 2.24) is 10.5 Å². The topological polar surface area (TPSA) is 66.8 Å². The standard InChI is InChI=1S/C15H24N4O2S/c1-11-13(19(6)14(20)18-21-15(2,3)4)22-12(17-11)9-7-8-10-16-5/h7-8,10H,9H2,1-6H3,(H,18,20)/b8-7-,16-10-. The van der Waals surface area contributed by atoms with Gasteiger partial charge in [0, 0.05) is 26.7 Å². The molecule has 2 amide bonds. The zero-order valence-corrected chi connectivity index (χ0v) is 14.8. The Morgan fingerprint density at radius 1 is 1.50 bits per heavy atom. The smallest absolute Gasteiger partial charge is 0.297 e. The molecule has 1 aromatic rings. The SMILES string of the molecule is C/N=C\C=C/Cc1nc(C)c(N(C)C(=O)NOC(C)(C)C)s1. The number of thiazole rings is 1. The summed E-state index contributed by atoms with van der Waals surface area (Å²) in [6, 6.07) is -0.318. The third-order valence-corrected chi connectivity index (χ3v) is 3.79. The summed E-state index contributed by atoms with van der Waals surface area (Å²) in [5.41, 5.74) is 2.84. The van der Waals surface area contributed by atoms with Crippen LogP contribution in [0.15, 0.2) is 17.1 Å². The molecule has 0 atom stereocenters. The highest BCUT2D eigenvalue weighted by Crippen LogP contribution is 2.27. The number of carbonyl (C=O) groups is 1. The number of hydrogen-bond donors (Lipinski definition) is 1. The van der Waals surface area contributed by atoms with Crippen molar-refractivity contribution in [3.05, 3.63) is 22.9 Å². The Hall–Kier alpha value is -1.73. The van der Waals surface area contributed by atoms with Crippen LogP contribution in [0.3, 0.4) is 0 Å². The summed E-state index contributed by atoms with van der Waals surface area (Å²) in [5, 5.41) is 1.76. The van der Waals surface area contributed by atoms with Gasteiger partial charge in [-0.05, 0) is 33.8 Å². The van der Waals surface area contributed by atoms with Crippen LogP contribution in [-0.4, -0.2) is 36.9 Å². The van der Waals surface area contributed by atoms with Gasteiger partial charge in [-0.25, -0.2) is 15.3 Å². The number of aromatic nitrogens is 1. The number of urea groups is 1. The zero-order chi connectivity index (χ0) is 16.8. The Balaban J connectivity index is 2.71. The fraction of sp³-hybridized carbons (Fsp3) is 0.533. The van der Waals surface area contributed by atoms with Crippen LogP contribution >= 0.6 is 11.3 Å². The summed E-state index contributed by atoms with van der Waals surface area (Å²) < 4.78 is 0. The minimum atomic E-state index is -0.434. The van der Waals surface area contributed by atoms with Crippen molar-refractivity contribution in [2.75, 3.05) is 19.0 Å². The molecule has 0 saturated heterocycles. The van der Waals surface area contributed by atoms with E-state index in [9.17, 15) is 4.79 Å². The van der Waals surface area contributed by atoms with Crippen molar-refractivity contribution in [1.29, 1.82) is 0 Å². The minimum Gasteiger partial charge on any atom is -0.297 e. The number of aryl methyl sites for hydroxylation is 1. The second kappa shape index (κ2) is 8.05. The number of anilines is 1. The number of amides is 2. The normalized spacial score (nSPS) is 12.3. The summed E-state index contributed by atoms with van der Waals surface area (Å²) in [5.74, 6) is 0. The van der Waals surface area contributed by atoms with E-state index in [0.29, 0.717) is 6.42 Å². The molecule has 7 heteroatoms. The molecule has 122 valence electrons. The summed E-state index contributed by atoms with van der Waals surface area (Å²) in [7, 11) is 3.43. The Kier molecular flexibility index (Phi) is 6.70. The summed E-state index contributed by atoms with van der Waals surface area (Å²) in [6.45, 7) is 7.50. The second-order valence-electron chi connectivity index (χ2n) is 5.72. The average Bonchev–Trinajstić information content (AvgIpc) is 2.80. The largest absolute Gasteiger partial charge is 0.346 e. The van der Waals surface area contributed by atoms with Crippen LogP contribution in [0.2, 0.25) is 0 Å². The molecule has 0 aliphatic rings.